The predicted octanol–water partition coefficient (Wildman–Crippen LogP) is 2.90. The van der Waals surface area contributed by atoms with Crippen LogP contribution in [0.5, 0.6) is 11.5 Å². The molecule has 0 saturated carbocycles. The van der Waals surface area contributed by atoms with Crippen LogP contribution in [0.3, 0.4) is 0 Å². The molecule has 2 aliphatic heterocycles. The summed E-state index contributed by atoms with van der Waals surface area (Å²) in [5, 5.41) is 0. The lowest BCUT2D eigenvalue weighted by Crippen LogP contribution is -2.39. The third-order valence-electron chi connectivity index (χ3n) is 5.04. The van der Waals surface area contributed by atoms with E-state index < -0.39 is 6.10 Å². The minimum Gasteiger partial charge on any atom is -0.497 e. The van der Waals surface area contributed by atoms with E-state index in [1.54, 1.807) is 37.4 Å². The molecule has 0 radical (unpaired) electrons. The highest BCUT2D eigenvalue weighted by Gasteiger charge is 2.48. The third kappa shape index (κ3) is 1.83. The number of carbonyl (C=O) groups is 2. The average Bonchev–Trinajstić information content (AvgIpc) is 3.03. The molecule has 0 spiro atoms. The van der Waals surface area contributed by atoms with Crippen LogP contribution in [0.1, 0.15) is 32.2 Å². The summed E-state index contributed by atoms with van der Waals surface area (Å²) < 4.78 is 17.1. The van der Waals surface area contributed by atoms with Crippen LogP contribution in [0, 0.1) is 0 Å². The lowest BCUT2D eigenvalue weighted by molar-refractivity contribution is 0.0697. The zero-order valence-electron chi connectivity index (χ0n) is 13.4. The molecule has 5 heteroatoms. The lowest BCUT2D eigenvalue weighted by atomic mass is 9.80. The first-order valence-corrected chi connectivity index (χ1v) is 8.09. The molecule has 0 saturated heterocycles. The van der Waals surface area contributed by atoms with Crippen LogP contribution >= 0.6 is 0 Å². The van der Waals surface area contributed by atoms with Crippen molar-refractivity contribution in [3.63, 3.8) is 0 Å². The van der Waals surface area contributed by atoms with E-state index in [1.165, 1.54) is 0 Å². The zero-order chi connectivity index (χ0) is 17.1. The number of methoxy groups -OCH3 is 1. The highest BCUT2D eigenvalue weighted by atomic mass is 16.5. The van der Waals surface area contributed by atoms with Crippen molar-refractivity contribution in [1.29, 1.82) is 0 Å². The molecule has 5 rings (SSSR count). The van der Waals surface area contributed by atoms with Crippen LogP contribution in [0.15, 0.2) is 53.8 Å². The van der Waals surface area contributed by atoms with Crippen molar-refractivity contribution < 1.29 is 23.8 Å². The van der Waals surface area contributed by atoms with Gasteiger partial charge in [0.2, 0.25) is 5.78 Å². The van der Waals surface area contributed by atoms with Gasteiger partial charge in [0.15, 0.2) is 11.5 Å². The fourth-order valence-corrected chi connectivity index (χ4v) is 3.82. The Morgan fingerprint density at radius 1 is 1.04 bits per heavy atom. The van der Waals surface area contributed by atoms with Gasteiger partial charge in [0.05, 0.1) is 25.2 Å². The second-order valence-corrected chi connectivity index (χ2v) is 6.31. The van der Waals surface area contributed by atoms with Crippen LogP contribution in [-0.2, 0) is 4.74 Å². The van der Waals surface area contributed by atoms with E-state index in [4.69, 9.17) is 14.2 Å². The van der Waals surface area contributed by atoms with Crippen LogP contribution in [-0.4, -0.2) is 31.4 Å². The number of benzene rings is 2. The molecule has 25 heavy (non-hydrogen) atoms. The fraction of sp³-hybridized carbons (Fsp3) is 0.200. The SMILES string of the molecule is COc1ccc2c(c1)O[C@@H]1C3=C(OC[C@H]21)C(=O)c1ccccc1C3=O. The summed E-state index contributed by atoms with van der Waals surface area (Å²) in [5.41, 5.74) is 2.10. The molecule has 0 bridgehead atoms. The minimum absolute atomic E-state index is 0.110. The number of ketones is 2. The number of hydrogen-bond donors (Lipinski definition) is 0. The van der Waals surface area contributed by atoms with Gasteiger partial charge >= 0.3 is 0 Å². The molecule has 2 heterocycles. The van der Waals surface area contributed by atoms with Crippen molar-refractivity contribution in [1.82, 2.24) is 0 Å². The second kappa shape index (κ2) is 4.96. The summed E-state index contributed by atoms with van der Waals surface area (Å²) in [4.78, 5) is 25.8. The Hall–Kier alpha value is -3.08. The molecule has 5 nitrogen and oxygen atoms in total. The highest BCUT2D eigenvalue weighted by Crippen LogP contribution is 2.47. The van der Waals surface area contributed by atoms with Gasteiger partial charge in [-0.2, -0.15) is 0 Å². The van der Waals surface area contributed by atoms with Crippen LogP contribution < -0.4 is 9.47 Å². The Morgan fingerprint density at radius 3 is 2.56 bits per heavy atom. The first-order chi connectivity index (χ1) is 12.2. The minimum atomic E-state index is -0.504. The number of allylic oxidation sites excluding steroid dienone is 1. The van der Waals surface area contributed by atoms with Crippen LogP contribution in [0.4, 0.5) is 0 Å². The van der Waals surface area contributed by atoms with E-state index in [0.29, 0.717) is 34.8 Å². The molecule has 2 atom stereocenters. The van der Waals surface area contributed by atoms with Crippen molar-refractivity contribution in [2.24, 2.45) is 0 Å². The van der Waals surface area contributed by atoms with Crippen molar-refractivity contribution in [3.05, 3.63) is 70.5 Å². The van der Waals surface area contributed by atoms with Gasteiger partial charge in [0, 0.05) is 22.8 Å². The summed E-state index contributed by atoms with van der Waals surface area (Å²) in [6.07, 6.45) is -0.504. The van der Waals surface area contributed by atoms with Gasteiger partial charge < -0.3 is 14.2 Å². The molecular weight excluding hydrogens is 320 g/mol. The smallest absolute Gasteiger partial charge is 0.228 e. The van der Waals surface area contributed by atoms with Gasteiger partial charge in [-0.05, 0) is 6.07 Å². The zero-order valence-corrected chi connectivity index (χ0v) is 13.4. The molecular formula is C20H14O5. The Bertz CT molecular complexity index is 972. The normalized spacial score (nSPS) is 23.1. The standard InChI is InChI=1S/C20H14O5/c1-23-10-6-7-11-14-9-24-20-16(19(14)25-15(11)8-10)17(21)12-4-2-3-5-13(12)18(20)22/h2-8,14,19H,9H2,1H3/t14-,19+/m1/s1. The molecule has 0 aromatic heterocycles. The molecule has 3 aliphatic rings. The van der Waals surface area contributed by atoms with E-state index in [9.17, 15) is 9.59 Å². The predicted molar refractivity (Wildman–Crippen MR) is 88.2 cm³/mol. The van der Waals surface area contributed by atoms with Crippen molar-refractivity contribution >= 4 is 11.6 Å². The second-order valence-electron chi connectivity index (χ2n) is 6.31. The Balaban J connectivity index is 1.63. The number of carbonyl (C=O) groups excluding carboxylic acids is 2. The molecule has 0 fully saturated rings. The number of fused-ring (bicyclic) bond motifs is 5. The van der Waals surface area contributed by atoms with Gasteiger partial charge in [0.25, 0.3) is 0 Å². The third-order valence-corrected chi connectivity index (χ3v) is 5.04. The summed E-state index contributed by atoms with van der Waals surface area (Å²) in [6, 6.07) is 12.4. The molecule has 0 amide bonds. The maximum absolute atomic E-state index is 13.0. The van der Waals surface area contributed by atoms with Crippen molar-refractivity contribution in [2.45, 2.75) is 12.0 Å². The topological polar surface area (TPSA) is 61.8 Å². The van der Waals surface area contributed by atoms with E-state index in [2.05, 4.69) is 0 Å². The van der Waals surface area contributed by atoms with E-state index in [0.717, 1.165) is 5.56 Å². The lowest BCUT2D eigenvalue weighted by Gasteiger charge is -2.31. The van der Waals surface area contributed by atoms with Crippen molar-refractivity contribution in [2.75, 3.05) is 13.7 Å². The first-order valence-electron chi connectivity index (χ1n) is 8.09. The summed E-state index contributed by atoms with van der Waals surface area (Å²) in [6.45, 7) is 0.310. The Morgan fingerprint density at radius 2 is 1.80 bits per heavy atom. The van der Waals surface area contributed by atoms with Gasteiger partial charge in [-0.25, -0.2) is 0 Å². The number of ether oxygens (including phenoxy) is 3. The molecule has 2 aromatic rings. The Kier molecular flexibility index (Phi) is 2.83. The largest absolute Gasteiger partial charge is 0.497 e. The number of hydrogen-bond acceptors (Lipinski definition) is 5. The average molecular weight is 334 g/mol. The quantitative estimate of drug-likeness (QED) is 0.802. The van der Waals surface area contributed by atoms with E-state index >= 15 is 0 Å². The summed E-state index contributed by atoms with van der Waals surface area (Å²) in [7, 11) is 1.59. The van der Waals surface area contributed by atoms with E-state index in [-0.39, 0.29) is 23.2 Å². The molecule has 0 N–H and O–H groups in total. The fourth-order valence-electron chi connectivity index (χ4n) is 3.82. The van der Waals surface area contributed by atoms with Gasteiger partial charge in [-0.15, -0.1) is 0 Å². The molecule has 124 valence electrons. The number of rotatable bonds is 1. The highest BCUT2D eigenvalue weighted by molar-refractivity contribution is 6.26. The molecule has 2 aromatic carbocycles. The maximum Gasteiger partial charge on any atom is 0.228 e. The Labute approximate surface area is 143 Å². The number of Topliss-reactive ketones (excluding diaryl/α,β-unsaturated/α-hetero) is 2. The summed E-state index contributed by atoms with van der Waals surface area (Å²) >= 11 is 0. The van der Waals surface area contributed by atoms with Gasteiger partial charge in [-0.3, -0.25) is 9.59 Å². The summed E-state index contributed by atoms with van der Waals surface area (Å²) in [5.74, 6) is 0.932. The van der Waals surface area contributed by atoms with E-state index in [1.807, 2.05) is 12.1 Å². The molecule has 0 unspecified atom stereocenters. The van der Waals surface area contributed by atoms with Crippen molar-refractivity contribution in [3.8, 4) is 11.5 Å². The maximum atomic E-state index is 13.0. The van der Waals surface area contributed by atoms with Gasteiger partial charge in [-0.1, -0.05) is 30.3 Å². The van der Waals surface area contributed by atoms with Crippen LogP contribution in [0.2, 0.25) is 0 Å². The first kappa shape index (κ1) is 14.3. The molecule has 1 aliphatic carbocycles. The monoisotopic (exact) mass is 334 g/mol. The van der Waals surface area contributed by atoms with Crippen LogP contribution in [0.25, 0.3) is 0 Å². The van der Waals surface area contributed by atoms with Gasteiger partial charge in [0.1, 0.15) is 17.6 Å².